The Bertz CT molecular complexity index is 621. The van der Waals surface area contributed by atoms with Crippen LogP contribution in [-0.2, 0) is 0 Å². The van der Waals surface area contributed by atoms with E-state index in [0.29, 0.717) is 40.6 Å². The molecule has 0 unspecified atom stereocenters. The predicted octanol–water partition coefficient (Wildman–Crippen LogP) is 5.01. The fraction of sp³-hybridized carbons (Fsp3) is 0.267. The van der Waals surface area contributed by atoms with E-state index in [1.165, 1.54) is 0 Å². The monoisotopic (exact) mass is 326 g/mol. The van der Waals surface area contributed by atoms with E-state index in [4.69, 9.17) is 32.7 Å². The molecule has 0 saturated heterocycles. The van der Waals surface area contributed by atoms with Gasteiger partial charge in [0, 0.05) is 12.6 Å². The zero-order valence-corrected chi connectivity index (χ0v) is 13.3. The normalized spacial score (nSPS) is 10.3. The smallest absolute Gasteiger partial charge is 0.240 e. The molecule has 1 heterocycles. The van der Waals surface area contributed by atoms with Crippen LogP contribution in [0.25, 0.3) is 0 Å². The Hall–Kier alpha value is -1.65. The lowest BCUT2D eigenvalue weighted by molar-refractivity contribution is 0.338. The van der Waals surface area contributed by atoms with Crippen molar-refractivity contribution in [2.45, 2.75) is 13.8 Å². The molecule has 0 radical (unpaired) electrons. The highest BCUT2D eigenvalue weighted by Gasteiger charge is 2.11. The lowest BCUT2D eigenvalue weighted by Crippen LogP contribution is -2.01. The maximum Gasteiger partial charge on any atom is 0.240 e. The van der Waals surface area contributed by atoms with E-state index in [2.05, 4.69) is 10.3 Å². The second kappa shape index (κ2) is 7.38. The Morgan fingerprint density at radius 1 is 1.10 bits per heavy atom. The lowest BCUT2D eigenvalue weighted by Gasteiger charge is -2.11. The highest BCUT2D eigenvalue weighted by molar-refractivity contribution is 6.36. The molecule has 1 N–H and O–H groups in total. The Labute approximate surface area is 134 Å². The molecule has 2 rings (SSSR count). The van der Waals surface area contributed by atoms with Gasteiger partial charge in [0.25, 0.3) is 0 Å². The second-order valence-corrected chi connectivity index (χ2v) is 4.96. The molecule has 4 nitrogen and oxygen atoms in total. The molecule has 0 spiro atoms. The van der Waals surface area contributed by atoms with Crippen molar-refractivity contribution < 1.29 is 9.47 Å². The molecule has 1 aromatic carbocycles. The molecule has 21 heavy (non-hydrogen) atoms. The largest absolute Gasteiger partial charge is 0.494 e. The number of anilines is 1. The van der Waals surface area contributed by atoms with Crippen molar-refractivity contribution in [3.63, 3.8) is 0 Å². The fourth-order valence-electron chi connectivity index (χ4n) is 1.72. The number of ether oxygens (including phenoxy) is 2. The van der Waals surface area contributed by atoms with Gasteiger partial charge in [-0.25, -0.2) is 0 Å². The van der Waals surface area contributed by atoms with Crippen LogP contribution in [0.2, 0.25) is 10.0 Å². The van der Waals surface area contributed by atoms with E-state index in [1.807, 2.05) is 32.0 Å². The number of hydrogen-bond donors (Lipinski definition) is 1. The third-order valence-corrected chi connectivity index (χ3v) is 3.13. The third-order valence-electron chi connectivity index (χ3n) is 2.57. The SMILES string of the molecule is CCNc1nc(Oc2cccc(OCC)c2)c(Cl)cc1Cl. The van der Waals surface area contributed by atoms with E-state index >= 15 is 0 Å². The van der Waals surface area contributed by atoms with E-state index in [9.17, 15) is 0 Å². The quantitative estimate of drug-likeness (QED) is 0.810. The average molecular weight is 327 g/mol. The van der Waals surface area contributed by atoms with Gasteiger partial charge >= 0.3 is 0 Å². The number of hydrogen-bond acceptors (Lipinski definition) is 4. The van der Waals surface area contributed by atoms with Gasteiger partial charge in [0.15, 0.2) is 0 Å². The van der Waals surface area contributed by atoms with Crippen LogP contribution in [-0.4, -0.2) is 18.1 Å². The van der Waals surface area contributed by atoms with E-state index in [-0.39, 0.29) is 0 Å². The van der Waals surface area contributed by atoms with Gasteiger partial charge in [0.05, 0.1) is 11.6 Å². The zero-order chi connectivity index (χ0) is 15.2. The molecule has 112 valence electrons. The van der Waals surface area contributed by atoms with Crippen molar-refractivity contribution in [3.05, 3.63) is 40.4 Å². The summed E-state index contributed by atoms with van der Waals surface area (Å²) in [6.07, 6.45) is 0. The van der Waals surface area contributed by atoms with E-state index in [0.717, 1.165) is 5.75 Å². The number of halogens is 2. The van der Waals surface area contributed by atoms with Crippen LogP contribution in [0.3, 0.4) is 0 Å². The molecule has 0 aliphatic carbocycles. The van der Waals surface area contributed by atoms with Gasteiger partial charge in [-0.05, 0) is 32.0 Å². The van der Waals surface area contributed by atoms with Crippen molar-refractivity contribution in [1.29, 1.82) is 0 Å². The second-order valence-electron chi connectivity index (χ2n) is 4.15. The number of benzene rings is 1. The van der Waals surface area contributed by atoms with Crippen molar-refractivity contribution in [1.82, 2.24) is 4.98 Å². The summed E-state index contributed by atoms with van der Waals surface area (Å²) in [4.78, 5) is 4.29. The topological polar surface area (TPSA) is 43.4 Å². The maximum atomic E-state index is 6.12. The van der Waals surface area contributed by atoms with Crippen molar-refractivity contribution in [2.24, 2.45) is 0 Å². The molecule has 0 aliphatic rings. The number of pyridine rings is 1. The van der Waals surface area contributed by atoms with E-state index in [1.54, 1.807) is 12.1 Å². The number of aromatic nitrogens is 1. The van der Waals surface area contributed by atoms with Crippen LogP contribution in [0.5, 0.6) is 17.4 Å². The number of rotatable bonds is 6. The summed E-state index contributed by atoms with van der Waals surface area (Å²) in [6, 6.07) is 8.90. The van der Waals surface area contributed by atoms with Gasteiger partial charge in [-0.1, -0.05) is 29.3 Å². The third kappa shape index (κ3) is 4.16. The van der Waals surface area contributed by atoms with E-state index < -0.39 is 0 Å². The predicted molar refractivity (Wildman–Crippen MR) is 86.1 cm³/mol. The lowest BCUT2D eigenvalue weighted by atomic mass is 10.3. The maximum absolute atomic E-state index is 6.12. The molecule has 1 aromatic heterocycles. The minimum Gasteiger partial charge on any atom is -0.494 e. The summed E-state index contributed by atoms with van der Waals surface area (Å²) >= 11 is 12.2. The minimum atomic E-state index is 0.297. The first-order valence-electron chi connectivity index (χ1n) is 6.64. The standard InChI is InChI=1S/C15H16Cl2N2O2/c1-3-18-14-12(16)9-13(17)15(19-14)21-11-7-5-6-10(8-11)20-4-2/h5-9H,3-4H2,1-2H3,(H,18,19). The Morgan fingerprint density at radius 3 is 2.57 bits per heavy atom. The summed E-state index contributed by atoms with van der Waals surface area (Å²) in [5.41, 5.74) is 0. The van der Waals surface area contributed by atoms with Gasteiger partial charge in [0.1, 0.15) is 22.3 Å². The molecule has 0 amide bonds. The van der Waals surface area contributed by atoms with Crippen LogP contribution in [0.1, 0.15) is 13.8 Å². The van der Waals surface area contributed by atoms with Crippen LogP contribution < -0.4 is 14.8 Å². The first-order chi connectivity index (χ1) is 10.1. The fourth-order valence-corrected chi connectivity index (χ4v) is 2.18. The molecule has 2 aromatic rings. The number of nitrogens with zero attached hydrogens (tertiary/aromatic N) is 1. The Kier molecular flexibility index (Phi) is 5.53. The molecular weight excluding hydrogens is 311 g/mol. The summed E-state index contributed by atoms with van der Waals surface area (Å²) in [5.74, 6) is 2.16. The Morgan fingerprint density at radius 2 is 1.86 bits per heavy atom. The summed E-state index contributed by atoms with van der Waals surface area (Å²) in [6.45, 7) is 5.17. The molecule has 0 aliphatic heterocycles. The molecule has 0 fully saturated rings. The zero-order valence-electron chi connectivity index (χ0n) is 11.8. The van der Waals surface area contributed by atoms with Gasteiger partial charge in [-0.2, -0.15) is 4.98 Å². The molecule has 0 atom stereocenters. The molecular formula is C15H16Cl2N2O2. The Balaban J connectivity index is 2.26. The van der Waals surface area contributed by atoms with Crippen molar-refractivity contribution in [2.75, 3.05) is 18.5 Å². The highest BCUT2D eigenvalue weighted by Crippen LogP contribution is 2.34. The summed E-state index contributed by atoms with van der Waals surface area (Å²) < 4.78 is 11.1. The first-order valence-corrected chi connectivity index (χ1v) is 7.40. The summed E-state index contributed by atoms with van der Waals surface area (Å²) in [5, 5.41) is 3.86. The number of nitrogens with one attached hydrogen (secondary N) is 1. The van der Waals surface area contributed by atoms with Crippen molar-refractivity contribution >= 4 is 29.0 Å². The van der Waals surface area contributed by atoms with Crippen LogP contribution in [0.15, 0.2) is 30.3 Å². The van der Waals surface area contributed by atoms with Gasteiger partial charge in [-0.15, -0.1) is 0 Å². The van der Waals surface area contributed by atoms with Gasteiger partial charge in [0.2, 0.25) is 5.88 Å². The molecule has 0 saturated carbocycles. The molecule has 0 bridgehead atoms. The average Bonchev–Trinajstić information content (AvgIpc) is 2.45. The van der Waals surface area contributed by atoms with Crippen molar-refractivity contribution in [3.8, 4) is 17.4 Å². The van der Waals surface area contributed by atoms with Gasteiger partial charge < -0.3 is 14.8 Å². The van der Waals surface area contributed by atoms with Crippen LogP contribution in [0.4, 0.5) is 5.82 Å². The first kappa shape index (κ1) is 15.7. The van der Waals surface area contributed by atoms with Gasteiger partial charge in [-0.3, -0.25) is 0 Å². The van der Waals surface area contributed by atoms with Crippen LogP contribution in [0, 0.1) is 0 Å². The minimum absolute atomic E-state index is 0.297. The highest BCUT2D eigenvalue weighted by atomic mass is 35.5. The van der Waals surface area contributed by atoms with Crippen LogP contribution >= 0.6 is 23.2 Å². The summed E-state index contributed by atoms with van der Waals surface area (Å²) in [7, 11) is 0. The molecule has 6 heteroatoms.